The highest BCUT2D eigenvalue weighted by molar-refractivity contribution is 6.00. The summed E-state index contributed by atoms with van der Waals surface area (Å²) in [6, 6.07) is 8.46. The first kappa shape index (κ1) is 15.0. The number of hydrogen-bond donors (Lipinski definition) is 2. The van der Waals surface area contributed by atoms with Gasteiger partial charge < -0.3 is 10.6 Å². The zero-order chi connectivity index (χ0) is 15.4. The fraction of sp³-hybridized carbons (Fsp3) is 0.188. The molecule has 2 N–H and O–H groups in total. The van der Waals surface area contributed by atoms with Crippen molar-refractivity contribution in [2.75, 3.05) is 10.6 Å². The first-order valence-electron chi connectivity index (χ1n) is 6.62. The van der Waals surface area contributed by atoms with Crippen LogP contribution in [-0.4, -0.2) is 6.03 Å². The van der Waals surface area contributed by atoms with Crippen LogP contribution in [0.5, 0.6) is 0 Å². The topological polar surface area (TPSA) is 41.1 Å². The van der Waals surface area contributed by atoms with Crippen LogP contribution in [0.1, 0.15) is 18.1 Å². The monoisotopic (exact) mass is 290 g/mol. The van der Waals surface area contributed by atoms with E-state index in [4.69, 9.17) is 0 Å². The van der Waals surface area contributed by atoms with Crippen molar-refractivity contribution >= 4 is 17.4 Å². The van der Waals surface area contributed by atoms with E-state index < -0.39 is 17.7 Å². The lowest BCUT2D eigenvalue weighted by molar-refractivity contribution is 0.262. The number of anilines is 2. The third-order valence-corrected chi connectivity index (χ3v) is 3.16. The third kappa shape index (κ3) is 3.56. The standard InChI is InChI=1S/C16H16F2N2O/c1-3-11-6-4-5-10(2)15(11)20-16(21)19-12-7-8-13(17)14(18)9-12/h4-9H,3H2,1-2H3,(H2,19,20,21). The quantitative estimate of drug-likeness (QED) is 0.859. The fourth-order valence-corrected chi connectivity index (χ4v) is 2.05. The summed E-state index contributed by atoms with van der Waals surface area (Å²) in [6.45, 7) is 3.89. The van der Waals surface area contributed by atoms with Crippen LogP contribution in [0.15, 0.2) is 36.4 Å². The summed E-state index contributed by atoms with van der Waals surface area (Å²) in [5.41, 5.74) is 2.88. The SMILES string of the molecule is CCc1cccc(C)c1NC(=O)Nc1ccc(F)c(F)c1. The van der Waals surface area contributed by atoms with Crippen LogP contribution >= 0.6 is 0 Å². The van der Waals surface area contributed by atoms with Crippen molar-refractivity contribution in [3.05, 3.63) is 59.2 Å². The number of benzene rings is 2. The second-order valence-electron chi connectivity index (χ2n) is 4.67. The molecule has 110 valence electrons. The Kier molecular flexibility index (Phi) is 4.52. The Morgan fingerprint density at radius 1 is 1.10 bits per heavy atom. The largest absolute Gasteiger partial charge is 0.323 e. The Morgan fingerprint density at radius 2 is 1.86 bits per heavy atom. The minimum Gasteiger partial charge on any atom is -0.308 e. The maximum absolute atomic E-state index is 13.1. The Labute approximate surface area is 122 Å². The van der Waals surface area contributed by atoms with E-state index in [1.54, 1.807) is 0 Å². The van der Waals surface area contributed by atoms with Crippen molar-refractivity contribution in [3.8, 4) is 0 Å². The Balaban J connectivity index is 2.13. The van der Waals surface area contributed by atoms with Crippen LogP contribution in [0.3, 0.4) is 0 Å². The van der Waals surface area contributed by atoms with E-state index in [2.05, 4.69) is 10.6 Å². The predicted molar refractivity (Wildman–Crippen MR) is 79.6 cm³/mol. The molecular weight excluding hydrogens is 274 g/mol. The summed E-state index contributed by atoms with van der Waals surface area (Å²) in [5, 5.41) is 5.23. The molecule has 0 spiro atoms. The molecule has 2 rings (SSSR count). The van der Waals surface area contributed by atoms with Gasteiger partial charge in [-0.25, -0.2) is 13.6 Å². The molecule has 0 bridgehead atoms. The van der Waals surface area contributed by atoms with Gasteiger partial charge in [0.1, 0.15) is 0 Å². The van der Waals surface area contributed by atoms with Gasteiger partial charge in [-0.15, -0.1) is 0 Å². The van der Waals surface area contributed by atoms with E-state index in [0.717, 1.165) is 35.4 Å². The predicted octanol–water partition coefficient (Wildman–Crippen LogP) is 4.48. The van der Waals surface area contributed by atoms with Gasteiger partial charge >= 0.3 is 6.03 Å². The molecule has 21 heavy (non-hydrogen) atoms. The van der Waals surface area contributed by atoms with Gasteiger partial charge in [-0.2, -0.15) is 0 Å². The number of halogens is 2. The minimum absolute atomic E-state index is 0.193. The number of nitrogens with one attached hydrogen (secondary N) is 2. The van der Waals surface area contributed by atoms with Crippen LogP contribution in [0, 0.1) is 18.6 Å². The second kappa shape index (κ2) is 6.35. The van der Waals surface area contributed by atoms with Gasteiger partial charge in [0.05, 0.1) is 0 Å². The molecule has 0 heterocycles. The summed E-state index contributed by atoms with van der Waals surface area (Å²) in [6.07, 6.45) is 0.780. The average Bonchev–Trinajstić information content (AvgIpc) is 2.45. The number of rotatable bonds is 3. The van der Waals surface area contributed by atoms with Crippen molar-refractivity contribution in [2.45, 2.75) is 20.3 Å². The molecule has 0 saturated carbocycles. The van der Waals surface area contributed by atoms with Crippen molar-refractivity contribution in [2.24, 2.45) is 0 Å². The van der Waals surface area contributed by atoms with Gasteiger partial charge in [-0.05, 0) is 36.6 Å². The lowest BCUT2D eigenvalue weighted by Gasteiger charge is -2.13. The molecular formula is C16H16F2N2O. The van der Waals surface area contributed by atoms with Crippen LogP contribution in [0.25, 0.3) is 0 Å². The first-order valence-corrected chi connectivity index (χ1v) is 6.62. The third-order valence-electron chi connectivity index (χ3n) is 3.16. The highest BCUT2D eigenvalue weighted by atomic mass is 19.2. The Hall–Kier alpha value is -2.43. The molecule has 0 unspecified atom stereocenters. The maximum atomic E-state index is 13.1. The summed E-state index contributed by atoms with van der Waals surface area (Å²) < 4.78 is 25.9. The molecule has 0 saturated heterocycles. The molecule has 3 nitrogen and oxygen atoms in total. The number of carbonyl (C=O) groups is 1. The molecule has 0 aliphatic carbocycles. The van der Waals surface area contributed by atoms with E-state index in [-0.39, 0.29) is 5.69 Å². The van der Waals surface area contributed by atoms with E-state index in [9.17, 15) is 13.6 Å². The van der Waals surface area contributed by atoms with E-state index in [1.807, 2.05) is 32.0 Å². The van der Waals surface area contributed by atoms with Crippen molar-refractivity contribution < 1.29 is 13.6 Å². The second-order valence-corrected chi connectivity index (χ2v) is 4.67. The molecule has 0 fully saturated rings. The molecule has 2 amide bonds. The zero-order valence-electron chi connectivity index (χ0n) is 11.8. The lowest BCUT2D eigenvalue weighted by atomic mass is 10.1. The highest BCUT2D eigenvalue weighted by Gasteiger charge is 2.10. The van der Waals surface area contributed by atoms with Gasteiger partial charge in [0.25, 0.3) is 0 Å². The summed E-state index contributed by atoms with van der Waals surface area (Å²) in [4.78, 5) is 12.0. The van der Waals surface area contributed by atoms with Gasteiger partial charge in [0.15, 0.2) is 11.6 Å². The number of urea groups is 1. The average molecular weight is 290 g/mol. The van der Waals surface area contributed by atoms with Crippen LogP contribution in [0.4, 0.5) is 25.0 Å². The van der Waals surface area contributed by atoms with Gasteiger partial charge in [0, 0.05) is 17.4 Å². The molecule has 0 aliphatic heterocycles. The first-order chi connectivity index (χ1) is 10.0. The number of amides is 2. The summed E-state index contributed by atoms with van der Waals surface area (Å²) in [7, 11) is 0. The molecule has 0 radical (unpaired) electrons. The highest BCUT2D eigenvalue weighted by Crippen LogP contribution is 2.21. The summed E-state index contributed by atoms with van der Waals surface area (Å²) in [5.74, 6) is -1.95. The molecule has 0 aliphatic rings. The molecule has 0 atom stereocenters. The zero-order valence-corrected chi connectivity index (χ0v) is 11.8. The van der Waals surface area contributed by atoms with Gasteiger partial charge in [-0.1, -0.05) is 25.1 Å². The van der Waals surface area contributed by atoms with E-state index in [1.165, 1.54) is 6.07 Å². The van der Waals surface area contributed by atoms with Crippen LogP contribution in [-0.2, 0) is 6.42 Å². The molecule has 5 heteroatoms. The van der Waals surface area contributed by atoms with E-state index >= 15 is 0 Å². The molecule has 0 aromatic heterocycles. The van der Waals surface area contributed by atoms with Gasteiger partial charge in [-0.3, -0.25) is 0 Å². The smallest absolute Gasteiger partial charge is 0.308 e. The van der Waals surface area contributed by atoms with Gasteiger partial charge in [0.2, 0.25) is 0 Å². The van der Waals surface area contributed by atoms with E-state index in [0.29, 0.717) is 0 Å². The normalized spacial score (nSPS) is 10.3. The van der Waals surface area contributed by atoms with Crippen molar-refractivity contribution in [1.29, 1.82) is 0 Å². The maximum Gasteiger partial charge on any atom is 0.323 e. The van der Waals surface area contributed by atoms with Crippen LogP contribution < -0.4 is 10.6 Å². The number of para-hydroxylation sites is 1. The molecule has 2 aromatic rings. The number of aryl methyl sites for hydroxylation is 2. The Bertz CT molecular complexity index is 671. The fourth-order valence-electron chi connectivity index (χ4n) is 2.05. The Morgan fingerprint density at radius 3 is 2.52 bits per heavy atom. The summed E-state index contributed by atoms with van der Waals surface area (Å²) >= 11 is 0. The lowest BCUT2D eigenvalue weighted by Crippen LogP contribution is -2.21. The molecule has 2 aromatic carbocycles. The van der Waals surface area contributed by atoms with Crippen LogP contribution in [0.2, 0.25) is 0 Å². The number of carbonyl (C=O) groups excluding carboxylic acids is 1. The van der Waals surface area contributed by atoms with Crippen molar-refractivity contribution in [3.63, 3.8) is 0 Å². The minimum atomic E-state index is -1.00. The van der Waals surface area contributed by atoms with Crippen molar-refractivity contribution in [1.82, 2.24) is 0 Å². The number of hydrogen-bond acceptors (Lipinski definition) is 1.